The van der Waals surface area contributed by atoms with Crippen LogP contribution in [-0.4, -0.2) is 49.8 Å². The molecular weight excluding hydrogens is 408 g/mol. The second-order valence-electron chi connectivity index (χ2n) is 6.24. The van der Waals surface area contributed by atoms with E-state index in [1.165, 1.54) is 0 Å². The summed E-state index contributed by atoms with van der Waals surface area (Å²) in [5.41, 5.74) is 2.24. The standard InChI is InChI=1S/C19H25BrN6O/c1-4-24(5-2)11-12-26-16-10-8-7-9-15(16)21-19(26)22-18(27)17-14(20)13-25(6-3)23-17/h7-10,13H,4-6,11-12H2,1-3H3,(H,21,22,27). The van der Waals surface area contributed by atoms with E-state index in [2.05, 4.69) is 54.6 Å². The van der Waals surface area contributed by atoms with E-state index in [0.29, 0.717) is 22.7 Å². The number of amides is 1. The predicted molar refractivity (Wildman–Crippen MR) is 111 cm³/mol. The van der Waals surface area contributed by atoms with E-state index in [1.807, 2.05) is 31.2 Å². The maximum atomic E-state index is 12.8. The summed E-state index contributed by atoms with van der Waals surface area (Å²) in [4.78, 5) is 19.7. The zero-order chi connectivity index (χ0) is 19.4. The average molecular weight is 433 g/mol. The molecule has 0 atom stereocenters. The highest BCUT2D eigenvalue weighted by atomic mass is 79.9. The van der Waals surface area contributed by atoms with Gasteiger partial charge in [0.2, 0.25) is 5.95 Å². The first-order valence-electron chi connectivity index (χ1n) is 9.29. The number of likely N-dealkylation sites (N-methyl/N-ethyl adjacent to an activating group) is 1. The minimum Gasteiger partial charge on any atom is -0.309 e. The van der Waals surface area contributed by atoms with E-state index in [4.69, 9.17) is 0 Å². The molecule has 3 rings (SSSR count). The summed E-state index contributed by atoms with van der Waals surface area (Å²) in [6.07, 6.45) is 1.80. The van der Waals surface area contributed by atoms with Gasteiger partial charge in [0.15, 0.2) is 5.69 Å². The zero-order valence-electron chi connectivity index (χ0n) is 15.9. The molecule has 8 heteroatoms. The molecule has 0 saturated heterocycles. The maximum Gasteiger partial charge on any atom is 0.279 e. The number of aromatic nitrogens is 4. The molecule has 0 radical (unpaired) electrons. The number of hydrogen-bond acceptors (Lipinski definition) is 4. The van der Waals surface area contributed by atoms with Crippen molar-refractivity contribution in [2.45, 2.75) is 33.9 Å². The Morgan fingerprint density at radius 3 is 2.63 bits per heavy atom. The van der Waals surface area contributed by atoms with Crippen molar-refractivity contribution in [2.24, 2.45) is 0 Å². The number of carbonyl (C=O) groups excluding carboxylic acids is 1. The number of aryl methyl sites for hydroxylation is 1. The fourth-order valence-electron chi connectivity index (χ4n) is 3.05. The number of imidazole rings is 1. The Morgan fingerprint density at radius 1 is 1.22 bits per heavy atom. The van der Waals surface area contributed by atoms with Crippen molar-refractivity contribution in [3.05, 3.63) is 40.6 Å². The van der Waals surface area contributed by atoms with Crippen molar-refractivity contribution in [3.8, 4) is 0 Å². The Labute approximate surface area is 167 Å². The van der Waals surface area contributed by atoms with Gasteiger partial charge < -0.3 is 9.47 Å². The number of anilines is 1. The van der Waals surface area contributed by atoms with Gasteiger partial charge in [0.1, 0.15) is 0 Å². The third-order valence-corrected chi connectivity index (χ3v) is 5.25. The number of nitrogens with zero attached hydrogens (tertiary/aromatic N) is 5. The molecule has 0 aliphatic heterocycles. The van der Waals surface area contributed by atoms with Gasteiger partial charge in [0.25, 0.3) is 5.91 Å². The molecule has 3 aromatic rings. The van der Waals surface area contributed by atoms with Crippen LogP contribution in [0.2, 0.25) is 0 Å². The molecule has 0 unspecified atom stereocenters. The van der Waals surface area contributed by atoms with E-state index in [9.17, 15) is 4.79 Å². The lowest BCUT2D eigenvalue weighted by molar-refractivity contribution is 0.101. The van der Waals surface area contributed by atoms with Crippen LogP contribution >= 0.6 is 15.9 Å². The second kappa shape index (κ2) is 8.67. The van der Waals surface area contributed by atoms with Crippen molar-refractivity contribution in [1.82, 2.24) is 24.2 Å². The van der Waals surface area contributed by atoms with Crippen LogP contribution in [0.4, 0.5) is 5.95 Å². The molecule has 1 N–H and O–H groups in total. The minimum atomic E-state index is -0.270. The number of benzene rings is 1. The average Bonchev–Trinajstić information content (AvgIpc) is 3.22. The molecule has 7 nitrogen and oxygen atoms in total. The summed E-state index contributed by atoms with van der Waals surface area (Å²) in [6, 6.07) is 7.93. The fraction of sp³-hybridized carbons (Fsp3) is 0.421. The lowest BCUT2D eigenvalue weighted by Crippen LogP contribution is -2.27. The first-order chi connectivity index (χ1) is 13.1. The van der Waals surface area contributed by atoms with Gasteiger partial charge in [-0.15, -0.1) is 0 Å². The molecule has 1 amide bonds. The highest BCUT2D eigenvalue weighted by molar-refractivity contribution is 9.10. The molecule has 2 aromatic heterocycles. The molecule has 1 aromatic carbocycles. The summed E-state index contributed by atoms with van der Waals surface area (Å²) >= 11 is 3.42. The monoisotopic (exact) mass is 432 g/mol. The van der Waals surface area contributed by atoms with Gasteiger partial charge in [0, 0.05) is 25.8 Å². The highest BCUT2D eigenvalue weighted by Crippen LogP contribution is 2.21. The quantitative estimate of drug-likeness (QED) is 0.590. The number of nitrogens with one attached hydrogen (secondary N) is 1. The van der Waals surface area contributed by atoms with E-state index in [-0.39, 0.29) is 5.91 Å². The molecule has 0 aliphatic rings. The molecule has 0 saturated carbocycles. The van der Waals surface area contributed by atoms with Crippen molar-refractivity contribution < 1.29 is 4.79 Å². The summed E-state index contributed by atoms with van der Waals surface area (Å²) < 4.78 is 4.46. The lowest BCUT2D eigenvalue weighted by Gasteiger charge is -2.19. The normalized spacial score (nSPS) is 11.4. The molecule has 2 heterocycles. The Hall–Kier alpha value is -2.19. The van der Waals surface area contributed by atoms with Gasteiger partial charge in [-0.25, -0.2) is 4.98 Å². The Morgan fingerprint density at radius 2 is 1.96 bits per heavy atom. The van der Waals surface area contributed by atoms with Gasteiger partial charge in [-0.1, -0.05) is 26.0 Å². The molecule has 27 heavy (non-hydrogen) atoms. The number of halogens is 1. The Balaban J connectivity index is 1.89. The third-order valence-electron chi connectivity index (χ3n) is 4.67. The number of hydrogen-bond donors (Lipinski definition) is 1. The van der Waals surface area contributed by atoms with Gasteiger partial charge in [-0.3, -0.25) is 14.8 Å². The highest BCUT2D eigenvalue weighted by Gasteiger charge is 2.19. The number of fused-ring (bicyclic) bond motifs is 1. The maximum absolute atomic E-state index is 12.8. The van der Waals surface area contributed by atoms with E-state index >= 15 is 0 Å². The smallest absolute Gasteiger partial charge is 0.279 e. The summed E-state index contributed by atoms with van der Waals surface area (Å²) in [5, 5.41) is 7.26. The Kier molecular flexibility index (Phi) is 6.28. The predicted octanol–water partition coefficient (Wildman–Crippen LogP) is 3.61. The molecule has 144 valence electrons. The van der Waals surface area contributed by atoms with Crippen LogP contribution in [-0.2, 0) is 13.1 Å². The molecule has 0 bridgehead atoms. The van der Waals surface area contributed by atoms with Crippen LogP contribution in [0, 0.1) is 0 Å². The summed E-state index contributed by atoms with van der Waals surface area (Å²) in [6.45, 7) is 10.6. The van der Waals surface area contributed by atoms with Crippen molar-refractivity contribution in [3.63, 3.8) is 0 Å². The first-order valence-corrected chi connectivity index (χ1v) is 10.1. The molecule has 0 spiro atoms. The van der Waals surface area contributed by atoms with Gasteiger partial charge in [-0.2, -0.15) is 5.10 Å². The van der Waals surface area contributed by atoms with Crippen molar-refractivity contribution in [1.29, 1.82) is 0 Å². The number of carbonyl (C=O) groups is 1. The van der Waals surface area contributed by atoms with Crippen LogP contribution in [0.15, 0.2) is 34.9 Å². The van der Waals surface area contributed by atoms with Crippen molar-refractivity contribution >= 4 is 38.8 Å². The van der Waals surface area contributed by atoms with Crippen LogP contribution in [0.5, 0.6) is 0 Å². The Bertz CT molecular complexity index is 928. The van der Waals surface area contributed by atoms with Gasteiger partial charge >= 0.3 is 0 Å². The summed E-state index contributed by atoms with van der Waals surface area (Å²) in [5.74, 6) is 0.278. The van der Waals surface area contributed by atoms with Crippen LogP contribution in [0.3, 0.4) is 0 Å². The molecule has 0 aliphatic carbocycles. The third kappa shape index (κ3) is 4.22. The number of para-hydroxylation sites is 2. The largest absolute Gasteiger partial charge is 0.309 e. The van der Waals surface area contributed by atoms with Crippen LogP contribution in [0.25, 0.3) is 11.0 Å². The minimum absolute atomic E-state index is 0.270. The van der Waals surface area contributed by atoms with E-state index in [1.54, 1.807) is 10.9 Å². The number of rotatable bonds is 8. The topological polar surface area (TPSA) is 68.0 Å². The van der Waals surface area contributed by atoms with E-state index in [0.717, 1.165) is 37.2 Å². The zero-order valence-corrected chi connectivity index (χ0v) is 17.5. The second-order valence-corrected chi connectivity index (χ2v) is 7.09. The molecular formula is C19H25BrN6O. The summed E-state index contributed by atoms with van der Waals surface area (Å²) in [7, 11) is 0. The van der Waals surface area contributed by atoms with Crippen LogP contribution < -0.4 is 5.32 Å². The van der Waals surface area contributed by atoms with Gasteiger partial charge in [-0.05, 0) is 48.1 Å². The molecule has 0 fully saturated rings. The lowest BCUT2D eigenvalue weighted by atomic mass is 10.3. The van der Waals surface area contributed by atoms with Gasteiger partial charge in [0.05, 0.1) is 15.5 Å². The SMILES string of the molecule is CCN(CC)CCn1c(NC(=O)c2nn(CC)cc2Br)nc2ccccc21. The van der Waals surface area contributed by atoms with E-state index < -0.39 is 0 Å². The van der Waals surface area contributed by atoms with Crippen molar-refractivity contribution in [2.75, 3.05) is 25.0 Å². The first kappa shape index (κ1) is 19.6. The fourth-order valence-corrected chi connectivity index (χ4v) is 3.55. The van der Waals surface area contributed by atoms with Crippen LogP contribution in [0.1, 0.15) is 31.3 Å².